The molecule has 0 bridgehead atoms. The zero-order valence-corrected chi connectivity index (χ0v) is 12.5. The van der Waals surface area contributed by atoms with Crippen LogP contribution in [0.2, 0.25) is 0 Å². The van der Waals surface area contributed by atoms with Crippen molar-refractivity contribution in [3.63, 3.8) is 0 Å². The molecule has 0 aliphatic carbocycles. The molecule has 0 atom stereocenters. The molecule has 3 heteroatoms. The van der Waals surface area contributed by atoms with Gasteiger partial charge < -0.3 is 15.0 Å². The molecule has 1 aromatic carbocycles. The SMILES string of the molecule is c1ccc(OCCCCCCCN2CCNCC2)cc1. The Labute approximate surface area is 123 Å². The summed E-state index contributed by atoms with van der Waals surface area (Å²) in [6, 6.07) is 10.1. The maximum Gasteiger partial charge on any atom is 0.119 e. The van der Waals surface area contributed by atoms with Crippen LogP contribution in [0, 0.1) is 0 Å². The van der Waals surface area contributed by atoms with Crippen molar-refractivity contribution in [3.8, 4) is 5.75 Å². The van der Waals surface area contributed by atoms with Crippen LogP contribution < -0.4 is 10.1 Å². The molecule has 1 N–H and O–H groups in total. The summed E-state index contributed by atoms with van der Waals surface area (Å²) in [5.41, 5.74) is 0. The number of hydrogen-bond acceptors (Lipinski definition) is 3. The van der Waals surface area contributed by atoms with Crippen molar-refractivity contribution in [3.05, 3.63) is 30.3 Å². The van der Waals surface area contributed by atoms with E-state index in [1.54, 1.807) is 0 Å². The number of piperazine rings is 1. The summed E-state index contributed by atoms with van der Waals surface area (Å²) >= 11 is 0. The van der Waals surface area contributed by atoms with Gasteiger partial charge in [0.2, 0.25) is 0 Å². The molecule has 1 heterocycles. The number of hydrogen-bond donors (Lipinski definition) is 1. The van der Waals surface area contributed by atoms with Crippen LogP contribution in [-0.4, -0.2) is 44.2 Å². The van der Waals surface area contributed by atoms with Crippen LogP contribution in [0.5, 0.6) is 5.75 Å². The van der Waals surface area contributed by atoms with Gasteiger partial charge in [0.05, 0.1) is 6.61 Å². The lowest BCUT2D eigenvalue weighted by molar-refractivity contribution is 0.235. The van der Waals surface area contributed by atoms with Crippen LogP contribution in [0.15, 0.2) is 30.3 Å². The van der Waals surface area contributed by atoms with E-state index in [-0.39, 0.29) is 0 Å². The number of nitrogens with one attached hydrogen (secondary N) is 1. The van der Waals surface area contributed by atoms with Gasteiger partial charge in [0.25, 0.3) is 0 Å². The molecule has 1 fully saturated rings. The Balaban J connectivity index is 1.38. The number of nitrogens with zero attached hydrogens (tertiary/aromatic N) is 1. The molecule has 1 aliphatic rings. The second-order valence-corrected chi connectivity index (χ2v) is 5.52. The minimum absolute atomic E-state index is 0.849. The predicted octanol–water partition coefficient (Wildman–Crippen LogP) is 2.92. The highest BCUT2D eigenvalue weighted by atomic mass is 16.5. The van der Waals surface area contributed by atoms with Gasteiger partial charge >= 0.3 is 0 Å². The van der Waals surface area contributed by atoms with Gasteiger partial charge in [0.15, 0.2) is 0 Å². The maximum absolute atomic E-state index is 5.69. The zero-order valence-electron chi connectivity index (χ0n) is 12.5. The summed E-state index contributed by atoms with van der Waals surface area (Å²) in [5, 5.41) is 3.40. The standard InChI is InChI=1S/C17H28N2O/c1(2-7-13-19-14-11-18-12-15-19)3-8-16-20-17-9-5-4-6-10-17/h4-6,9-10,18H,1-3,7-8,11-16H2. The highest BCUT2D eigenvalue weighted by Crippen LogP contribution is 2.10. The lowest BCUT2D eigenvalue weighted by Gasteiger charge is -2.27. The molecular formula is C17H28N2O. The third kappa shape index (κ3) is 6.40. The molecule has 3 nitrogen and oxygen atoms in total. The Morgan fingerprint density at radius 3 is 2.40 bits per heavy atom. The molecule has 0 unspecified atom stereocenters. The highest BCUT2D eigenvalue weighted by Gasteiger charge is 2.07. The Hall–Kier alpha value is -1.06. The first kappa shape index (κ1) is 15.3. The van der Waals surface area contributed by atoms with Crippen LogP contribution >= 0.6 is 0 Å². The highest BCUT2D eigenvalue weighted by molar-refractivity contribution is 5.20. The van der Waals surface area contributed by atoms with Crippen LogP contribution in [0.25, 0.3) is 0 Å². The molecule has 1 aromatic rings. The quantitative estimate of drug-likeness (QED) is 0.702. The van der Waals surface area contributed by atoms with Gasteiger partial charge in [-0.2, -0.15) is 0 Å². The van der Waals surface area contributed by atoms with Crippen molar-refractivity contribution in [1.82, 2.24) is 10.2 Å². The van der Waals surface area contributed by atoms with Gasteiger partial charge in [-0.3, -0.25) is 0 Å². The molecule has 0 spiro atoms. The summed E-state index contributed by atoms with van der Waals surface area (Å²) in [4.78, 5) is 2.58. The number of para-hydroxylation sites is 1. The van der Waals surface area contributed by atoms with E-state index in [9.17, 15) is 0 Å². The van der Waals surface area contributed by atoms with Gasteiger partial charge in [0.1, 0.15) is 5.75 Å². The Kier molecular flexibility index (Phi) is 7.50. The number of unbranched alkanes of at least 4 members (excludes halogenated alkanes) is 4. The van der Waals surface area contributed by atoms with E-state index in [1.807, 2.05) is 30.3 Å². The topological polar surface area (TPSA) is 24.5 Å². The van der Waals surface area contributed by atoms with E-state index < -0.39 is 0 Å². The number of rotatable bonds is 9. The monoisotopic (exact) mass is 276 g/mol. The molecule has 1 saturated heterocycles. The average molecular weight is 276 g/mol. The largest absolute Gasteiger partial charge is 0.494 e. The van der Waals surface area contributed by atoms with Crippen LogP contribution in [0.4, 0.5) is 0 Å². The first-order valence-electron chi connectivity index (χ1n) is 8.06. The second kappa shape index (κ2) is 9.78. The number of ether oxygens (including phenoxy) is 1. The fourth-order valence-electron chi connectivity index (χ4n) is 2.61. The summed E-state index contributed by atoms with van der Waals surface area (Å²) in [6.07, 6.45) is 6.50. The van der Waals surface area contributed by atoms with E-state index in [1.165, 1.54) is 51.7 Å². The van der Waals surface area contributed by atoms with E-state index in [0.717, 1.165) is 25.4 Å². The van der Waals surface area contributed by atoms with Crippen molar-refractivity contribution in [2.24, 2.45) is 0 Å². The summed E-state index contributed by atoms with van der Waals surface area (Å²) in [6.45, 7) is 6.91. The van der Waals surface area contributed by atoms with E-state index in [2.05, 4.69) is 10.2 Å². The average Bonchev–Trinajstić information content (AvgIpc) is 2.52. The molecule has 0 amide bonds. The fourth-order valence-corrected chi connectivity index (χ4v) is 2.61. The van der Waals surface area contributed by atoms with E-state index >= 15 is 0 Å². The van der Waals surface area contributed by atoms with Crippen molar-refractivity contribution in [2.45, 2.75) is 32.1 Å². The molecule has 2 rings (SSSR count). The third-order valence-electron chi connectivity index (χ3n) is 3.84. The summed E-state index contributed by atoms with van der Waals surface area (Å²) < 4.78 is 5.69. The predicted molar refractivity (Wildman–Crippen MR) is 84.3 cm³/mol. The molecule has 0 saturated carbocycles. The van der Waals surface area contributed by atoms with Crippen molar-refractivity contribution >= 4 is 0 Å². The first-order chi connectivity index (χ1) is 9.95. The van der Waals surface area contributed by atoms with Crippen molar-refractivity contribution < 1.29 is 4.74 Å². The Morgan fingerprint density at radius 2 is 1.60 bits per heavy atom. The van der Waals surface area contributed by atoms with E-state index in [0.29, 0.717) is 0 Å². The lowest BCUT2D eigenvalue weighted by atomic mass is 10.1. The van der Waals surface area contributed by atoms with Crippen LogP contribution in [0.3, 0.4) is 0 Å². The molecule has 1 aliphatic heterocycles. The lowest BCUT2D eigenvalue weighted by Crippen LogP contribution is -2.43. The molecule has 0 aromatic heterocycles. The Morgan fingerprint density at radius 1 is 0.900 bits per heavy atom. The summed E-state index contributed by atoms with van der Waals surface area (Å²) in [7, 11) is 0. The zero-order chi connectivity index (χ0) is 13.9. The fraction of sp³-hybridized carbons (Fsp3) is 0.647. The van der Waals surface area contributed by atoms with Gasteiger partial charge in [-0.25, -0.2) is 0 Å². The van der Waals surface area contributed by atoms with Gasteiger partial charge in [-0.05, 0) is 31.5 Å². The first-order valence-corrected chi connectivity index (χ1v) is 8.06. The van der Waals surface area contributed by atoms with Gasteiger partial charge in [0, 0.05) is 26.2 Å². The second-order valence-electron chi connectivity index (χ2n) is 5.52. The van der Waals surface area contributed by atoms with Crippen LogP contribution in [-0.2, 0) is 0 Å². The Bertz CT molecular complexity index is 336. The van der Waals surface area contributed by atoms with Crippen molar-refractivity contribution in [2.75, 3.05) is 39.3 Å². The molecule has 112 valence electrons. The molecule has 0 radical (unpaired) electrons. The van der Waals surface area contributed by atoms with Crippen LogP contribution in [0.1, 0.15) is 32.1 Å². The maximum atomic E-state index is 5.69. The minimum Gasteiger partial charge on any atom is -0.494 e. The molecular weight excluding hydrogens is 248 g/mol. The minimum atomic E-state index is 0.849. The third-order valence-corrected chi connectivity index (χ3v) is 3.84. The van der Waals surface area contributed by atoms with Gasteiger partial charge in [-0.15, -0.1) is 0 Å². The number of benzene rings is 1. The van der Waals surface area contributed by atoms with Crippen molar-refractivity contribution in [1.29, 1.82) is 0 Å². The smallest absolute Gasteiger partial charge is 0.119 e. The van der Waals surface area contributed by atoms with E-state index in [4.69, 9.17) is 4.74 Å². The normalized spacial score (nSPS) is 16.2. The van der Waals surface area contributed by atoms with Gasteiger partial charge in [-0.1, -0.05) is 37.5 Å². The molecule has 20 heavy (non-hydrogen) atoms. The summed E-state index contributed by atoms with van der Waals surface area (Å²) in [5.74, 6) is 0.992.